The number of para-hydroxylation sites is 2. The number of methoxy groups -OCH3 is 1. The number of hydrogen-bond donors (Lipinski definition) is 2. The average Bonchev–Trinajstić information content (AvgIpc) is 2.54. The van der Waals surface area contributed by atoms with Crippen molar-refractivity contribution >= 4 is 11.7 Å². The van der Waals surface area contributed by atoms with Gasteiger partial charge in [-0.05, 0) is 24.1 Å². The van der Waals surface area contributed by atoms with Crippen molar-refractivity contribution in [2.45, 2.75) is 19.4 Å². The van der Waals surface area contributed by atoms with Crippen LogP contribution in [0.3, 0.4) is 0 Å². The van der Waals surface area contributed by atoms with E-state index in [1.165, 1.54) is 0 Å². The molecule has 0 saturated carbocycles. The first kappa shape index (κ1) is 14.9. The Morgan fingerprint density at radius 2 is 1.76 bits per heavy atom. The van der Waals surface area contributed by atoms with Gasteiger partial charge in [0.25, 0.3) is 0 Å². The molecular weight excluding hydrogens is 264 g/mol. The van der Waals surface area contributed by atoms with Crippen LogP contribution in [0.5, 0.6) is 5.75 Å². The molecule has 4 nitrogen and oxygen atoms in total. The zero-order valence-corrected chi connectivity index (χ0v) is 12.3. The van der Waals surface area contributed by atoms with Crippen molar-refractivity contribution in [3.63, 3.8) is 0 Å². The second-order valence-corrected chi connectivity index (χ2v) is 4.67. The van der Waals surface area contributed by atoms with E-state index in [-0.39, 0.29) is 12.1 Å². The number of hydrogen-bond acceptors (Lipinski definition) is 2. The van der Waals surface area contributed by atoms with Crippen LogP contribution in [0.25, 0.3) is 0 Å². The molecule has 0 radical (unpaired) electrons. The molecule has 0 bridgehead atoms. The molecule has 2 amide bonds. The molecular formula is C17H20N2O2. The minimum absolute atomic E-state index is 0.0130. The van der Waals surface area contributed by atoms with Gasteiger partial charge in [0.15, 0.2) is 0 Å². The van der Waals surface area contributed by atoms with E-state index >= 15 is 0 Å². The van der Waals surface area contributed by atoms with Crippen LogP contribution in [0.15, 0.2) is 54.6 Å². The average molecular weight is 284 g/mol. The molecule has 110 valence electrons. The zero-order valence-electron chi connectivity index (χ0n) is 12.3. The van der Waals surface area contributed by atoms with Crippen molar-refractivity contribution in [3.8, 4) is 5.75 Å². The third kappa shape index (κ3) is 3.99. The summed E-state index contributed by atoms with van der Waals surface area (Å²) in [6, 6.07) is 17.0. The molecule has 1 atom stereocenters. The topological polar surface area (TPSA) is 50.4 Å². The summed E-state index contributed by atoms with van der Waals surface area (Å²) in [4.78, 5) is 12.1. The number of carbonyl (C=O) groups is 1. The Morgan fingerprint density at radius 3 is 2.43 bits per heavy atom. The van der Waals surface area contributed by atoms with Crippen molar-refractivity contribution in [2.75, 3.05) is 12.4 Å². The van der Waals surface area contributed by atoms with E-state index in [1.54, 1.807) is 7.11 Å². The lowest BCUT2D eigenvalue weighted by Gasteiger charge is -2.18. The van der Waals surface area contributed by atoms with Gasteiger partial charge in [0.05, 0.1) is 18.8 Å². The number of anilines is 1. The highest BCUT2D eigenvalue weighted by Gasteiger charge is 2.13. The molecule has 1 unspecified atom stereocenters. The van der Waals surface area contributed by atoms with Gasteiger partial charge in [0, 0.05) is 0 Å². The van der Waals surface area contributed by atoms with E-state index in [1.807, 2.05) is 61.5 Å². The third-order valence-corrected chi connectivity index (χ3v) is 3.27. The highest BCUT2D eigenvalue weighted by molar-refractivity contribution is 5.91. The molecule has 2 rings (SSSR count). The first-order valence-electron chi connectivity index (χ1n) is 7.00. The lowest BCUT2D eigenvalue weighted by atomic mass is 10.1. The molecule has 21 heavy (non-hydrogen) atoms. The minimum atomic E-state index is -0.241. The Labute approximate surface area is 125 Å². The molecule has 2 aromatic rings. The first-order valence-corrected chi connectivity index (χ1v) is 7.00. The summed E-state index contributed by atoms with van der Waals surface area (Å²) in [5, 5.41) is 5.80. The lowest BCUT2D eigenvalue weighted by molar-refractivity contribution is 0.248. The standard InChI is InChI=1S/C17H20N2O2/c1-3-14(13-9-5-4-6-10-13)18-17(20)19-15-11-7-8-12-16(15)21-2/h4-12,14H,3H2,1-2H3,(H2,18,19,20). The largest absolute Gasteiger partial charge is 0.495 e. The van der Waals surface area contributed by atoms with Crippen LogP contribution in [-0.2, 0) is 0 Å². The maximum absolute atomic E-state index is 12.1. The van der Waals surface area contributed by atoms with Crippen LogP contribution in [0, 0.1) is 0 Å². The smallest absolute Gasteiger partial charge is 0.319 e. The lowest BCUT2D eigenvalue weighted by Crippen LogP contribution is -2.32. The van der Waals surface area contributed by atoms with E-state index in [0.717, 1.165) is 12.0 Å². The van der Waals surface area contributed by atoms with E-state index in [4.69, 9.17) is 4.74 Å². The Hall–Kier alpha value is -2.49. The molecule has 0 spiro atoms. The van der Waals surface area contributed by atoms with Gasteiger partial charge in [-0.2, -0.15) is 0 Å². The summed E-state index contributed by atoms with van der Waals surface area (Å²) >= 11 is 0. The number of nitrogens with one attached hydrogen (secondary N) is 2. The molecule has 0 aromatic heterocycles. The minimum Gasteiger partial charge on any atom is -0.495 e. The zero-order chi connectivity index (χ0) is 15.1. The summed E-state index contributed by atoms with van der Waals surface area (Å²) < 4.78 is 5.22. The summed E-state index contributed by atoms with van der Waals surface area (Å²) in [6.07, 6.45) is 0.823. The number of benzene rings is 2. The van der Waals surface area contributed by atoms with Gasteiger partial charge < -0.3 is 15.4 Å². The van der Waals surface area contributed by atoms with Gasteiger partial charge in [0.1, 0.15) is 5.75 Å². The fourth-order valence-corrected chi connectivity index (χ4v) is 2.17. The van der Waals surface area contributed by atoms with Crippen LogP contribution >= 0.6 is 0 Å². The SMILES string of the molecule is CCC(NC(=O)Nc1ccccc1OC)c1ccccc1. The number of rotatable bonds is 5. The predicted molar refractivity (Wildman–Crippen MR) is 84.6 cm³/mol. The predicted octanol–water partition coefficient (Wildman–Crippen LogP) is 3.97. The van der Waals surface area contributed by atoms with Crippen molar-refractivity contribution in [3.05, 3.63) is 60.2 Å². The van der Waals surface area contributed by atoms with Crippen molar-refractivity contribution in [2.24, 2.45) is 0 Å². The summed E-state index contributed by atoms with van der Waals surface area (Å²) in [5.41, 5.74) is 1.75. The monoisotopic (exact) mass is 284 g/mol. The van der Waals surface area contributed by atoms with Crippen LogP contribution in [0.4, 0.5) is 10.5 Å². The molecule has 0 fully saturated rings. The molecule has 0 saturated heterocycles. The first-order chi connectivity index (χ1) is 10.2. The van der Waals surface area contributed by atoms with Gasteiger partial charge in [-0.25, -0.2) is 4.79 Å². The van der Waals surface area contributed by atoms with E-state index in [0.29, 0.717) is 11.4 Å². The quantitative estimate of drug-likeness (QED) is 0.873. The number of urea groups is 1. The van der Waals surface area contributed by atoms with Gasteiger partial charge in [0.2, 0.25) is 0 Å². The van der Waals surface area contributed by atoms with Crippen LogP contribution in [0.1, 0.15) is 24.9 Å². The van der Waals surface area contributed by atoms with Crippen molar-refractivity contribution in [1.29, 1.82) is 0 Å². The Balaban J connectivity index is 2.03. The Bertz CT molecular complexity index is 584. The van der Waals surface area contributed by atoms with E-state index in [2.05, 4.69) is 10.6 Å². The number of amides is 2. The highest BCUT2D eigenvalue weighted by Crippen LogP contribution is 2.23. The molecule has 2 N–H and O–H groups in total. The highest BCUT2D eigenvalue weighted by atomic mass is 16.5. The van der Waals surface area contributed by atoms with Gasteiger partial charge in [-0.15, -0.1) is 0 Å². The van der Waals surface area contributed by atoms with Crippen molar-refractivity contribution < 1.29 is 9.53 Å². The normalized spacial score (nSPS) is 11.5. The number of ether oxygens (including phenoxy) is 1. The number of carbonyl (C=O) groups excluding carboxylic acids is 1. The van der Waals surface area contributed by atoms with Gasteiger partial charge >= 0.3 is 6.03 Å². The maximum Gasteiger partial charge on any atom is 0.319 e. The molecule has 0 aliphatic heterocycles. The summed E-state index contributed by atoms with van der Waals surface area (Å²) in [5.74, 6) is 0.639. The fourth-order valence-electron chi connectivity index (χ4n) is 2.17. The molecule has 4 heteroatoms. The summed E-state index contributed by atoms with van der Waals surface area (Å²) in [6.45, 7) is 2.04. The molecule has 0 heterocycles. The second-order valence-electron chi connectivity index (χ2n) is 4.67. The van der Waals surface area contributed by atoms with Gasteiger partial charge in [-0.1, -0.05) is 49.4 Å². The van der Waals surface area contributed by atoms with E-state index < -0.39 is 0 Å². The van der Waals surface area contributed by atoms with E-state index in [9.17, 15) is 4.79 Å². The summed E-state index contributed by atoms with van der Waals surface area (Å²) in [7, 11) is 1.58. The van der Waals surface area contributed by atoms with Crippen LogP contribution in [-0.4, -0.2) is 13.1 Å². The molecule has 0 aliphatic carbocycles. The molecule has 0 aliphatic rings. The van der Waals surface area contributed by atoms with Crippen molar-refractivity contribution in [1.82, 2.24) is 5.32 Å². The van der Waals surface area contributed by atoms with Crippen LogP contribution in [0.2, 0.25) is 0 Å². The molecule has 2 aromatic carbocycles. The van der Waals surface area contributed by atoms with Gasteiger partial charge in [-0.3, -0.25) is 0 Å². The van der Waals surface area contributed by atoms with Crippen LogP contribution < -0.4 is 15.4 Å². The fraction of sp³-hybridized carbons (Fsp3) is 0.235. The Kier molecular flexibility index (Phi) is 5.21. The Morgan fingerprint density at radius 1 is 1.10 bits per heavy atom. The third-order valence-electron chi connectivity index (χ3n) is 3.27. The maximum atomic E-state index is 12.1. The second kappa shape index (κ2) is 7.33.